The molecule has 5 saturated heterocycles. The smallest absolute Gasteiger partial charge is 1.00 e. The van der Waals surface area contributed by atoms with Gasteiger partial charge in [0.1, 0.15) is 77.0 Å². The molecule has 6 aliphatic heterocycles. The fourth-order valence-corrected chi connectivity index (χ4v) is 12.1. The molecule has 0 aromatic carbocycles. The second-order valence-corrected chi connectivity index (χ2v) is 47.8. The van der Waals surface area contributed by atoms with Crippen LogP contribution in [0.25, 0.3) is 0 Å². The number of carboxylic acid groups (broad SMARTS) is 1. The SMILES string of the molecule is COC(=O)[C@@H]1C(C)=C(O[Si](C)(C)C)CN1C(=O)OC(C)(C)C.COC(=O)[C@@H]1C(C)C(=O)CN1C(=O)OC(C)(C)C.COC(=O)[C@@H]1CC(=O)CN1C(=O)OC(C)(C)C.COC(=O)[C@@H]1[C@H](C)C(=O)CN1C(=O)OC(C)(C)C.COC(=O)[C@@H]1[C@H](C)[C@H](O)CN1C(=O)OC(C)(C)C.C[C@H]1[C@@H](C(=O)O)N(C(=O)OC(C)(C)C)C[C@@H]1O.C[Si](C)(C)Cl.[B].[H+].[H-].[Na+]. The Morgan fingerprint density at radius 3 is 0.966 bits per heavy atom. The van der Waals surface area contributed by atoms with Crippen molar-refractivity contribution in [1.82, 2.24) is 29.4 Å². The van der Waals surface area contributed by atoms with Crippen molar-refractivity contribution < 1.29 is 176 Å². The van der Waals surface area contributed by atoms with E-state index in [1.54, 1.807) is 159 Å². The zero-order chi connectivity index (χ0) is 90.6. The van der Waals surface area contributed by atoms with Gasteiger partial charge in [0.25, 0.3) is 0 Å². The van der Waals surface area contributed by atoms with Crippen LogP contribution >= 0.6 is 11.1 Å². The van der Waals surface area contributed by atoms with Crippen molar-refractivity contribution in [2.45, 2.75) is 287 Å². The number of hydrogen-bond donors (Lipinski definition) is 3. The maximum Gasteiger partial charge on any atom is 1.00 e. The van der Waals surface area contributed by atoms with Crippen molar-refractivity contribution in [3.8, 4) is 0 Å². The summed E-state index contributed by atoms with van der Waals surface area (Å²) in [5.74, 6) is -5.79. The Morgan fingerprint density at radius 1 is 0.419 bits per heavy atom. The van der Waals surface area contributed by atoms with E-state index in [4.69, 9.17) is 53.8 Å². The summed E-state index contributed by atoms with van der Waals surface area (Å²) >= 11 is 5.67. The first-order chi connectivity index (χ1) is 51.7. The summed E-state index contributed by atoms with van der Waals surface area (Å²) in [7, 11) is 3.26. The first kappa shape index (κ1) is 114. The third kappa shape index (κ3) is 39.2. The van der Waals surface area contributed by atoms with Gasteiger partial charge in [-0.25, -0.2) is 57.5 Å². The van der Waals surface area contributed by atoms with Gasteiger partial charge in [-0.3, -0.25) is 43.8 Å². The molecule has 3 radical (unpaired) electrons. The Kier molecular flexibility index (Phi) is 45.2. The molecule has 0 spiro atoms. The number of nitrogens with zero attached hydrogens (tertiary/aromatic N) is 6. The van der Waals surface area contributed by atoms with E-state index in [0.717, 1.165) is 19.6 Å². The number of ketones is 3. The Hall–Kier alpha value is -7.30. The van der Waals surface area contributed by atoms with E-state index in [-0.39, 0.29) is 110 Å². The number of carbonyl (C=O) groups excluding carboxylic acids is 14. The van der Waals surface area contributed by atoms with Gasteiger partial charge >= 0.3 is 103 Å². The van der Waals surface area contributed by atoms with Crippen LogP contribution in [0.2, 0.25) is 39.3 Å². The molecule has 6 amide bonds. The topological polar surface area (TPSA) is 447 Å². The van der Waals surface area contributed by atoms with Gasteiger partial charge in [-0.1, -0.05) is 47.3 Å². The molecule has 6 aliphatic rings. The zero-order valence-corrected chi connectivity index (χ0v) is 80.1. The monoisotopic (exact) mass is 1730 g/mol. The number of esters is 5. The molecule has 36 nitrogen and oxygen atoms in total. The largest absolute Gasteiger partial charge is 1.00 e. The standard InChI is InChI=1S/C15H27NO5Si.C12H21NO5.2C12H19NO5.C11H17NO5.C11H19NO5.C3H9ClSi.B.Na.H/c1-10-11(21-22(6,7)8)9-16(12(10)13(17)19-5)14(18)20-15(2,3)4;3*1-7-8(14)6-13(9(7)10(15)17-5)11(16)18-12(2,3)4;1-11(2,3)17-10(15)12-6-7(13)5-8(12)9(14)16-4;1-6-7(13)5-12(8(6)9(14)15)10(16)17-11(2,3)4;1-5(2,3)4;;;/h12H,9H2,1-8H3;7-9,14H,6H2,1-5H3;2*7,9H,6H2,1-5H3;8H,5-6H2,1-4H3;6-8,13H,5H2,1-4H3,(H,14,15);1-3H3;;;/q;;;;;;;;+1;-1/p+1/t12-;7-,8-,9+;7?,9-;7-,9+;8-;6-,7+,8+;;;;/m010101..../s1. The fraction of sp³-hybridized carbons (Fsp3) is 0.776. The Labute approximate surface area is 723 Å². The van der Waals surface area contributed by atoms with Gasteiger partial charge < -0.3 is 73.3 Å². The molecule has 5 fully saturated rings. The molecule has 1 unspecified atom stereocenters. The average molecular weight is 1740 g/mol. The third-order valence-corrected chi connectivity index (χ3v) is 17.1. The fourth-order valence-electron chi connectivity index (χ4n) is 11.1. The molecule has 0 aromatic heterocycles. The van der Waals surface area contributed by atoms with Crippen molar-refractivity contribution >= 4 is 125 Å². The first-order valence-corrected chi connectivity index (χ1v) is 45.3. The minimum atomic E-state index is -1.84. The maximum absolute atomic E-state index is 12.4. The summed E-state index contributed by atoms with van der Waals surface area (Å²) in [6, 6.07) is -5.25. The molecule has 0 saturated carbocycles. The number of aliphatic carboxylic acids is 1. The van der Waals surface area contributed by atoms with Gasteiger partial charge in [0, 0.05) is 38.5 Å². The predicted octanol–water partition coefficient (Wildman–Crippen LogP) is 5.98. The van der Waals surface area contributed by atoms with Gasteiger partial charge in [-0.2, -0.15) is 11.1 Å². The van der Waals surface area contributed by atoms with Crippen LogP contribution in [0.3, 0.4) is 0 Å². The summed E-state index contributed by atoms with van der Waals surface area (Å²) in [4.78, 5) is 183. The van der Waals surface area contributed by atoms with Crippen LogP contribution in [0, 0.1) is 23.7 Å². The third-order valence-electron chi connectivity index (χ3n) is 16.2. The zero-order valence-electron chi connectivity index (χ0n) is 77.4. The van der Waals surface area contributed by atoms with Crippen LogP contribution in [0.4, 0.5) is 28.8 Å². The van der Waals surface area contributed by atoms with Gasteiger partial charge in [-0.15, -0.1) is 0 Å². The maximum atomic E-state index is 12.4. The first-order valence-electron chi connectivity index (χ1n) is 37.3. The van der Waals surface area contributed by atoms with Crippen LogP contribution in [0.15, 0.2) is 11.3 Å². The van der Waals surface area contributed by atoms with E-state index < -0.39 is 188 Å². The number of β-amino-alcohol motifs (C(OH)–C–C–N with tert-alkyl or cyclic N) is 2. The number of amides is 6. The summed E-state index contributed by atoms with van der Waals surface area (Å²) in [6.45, 7) is 51.9. The minimum Gasteiger partial charge on any atom is -1.00 e. The molecule has 117 heavy (non-hydrogen) atoms. The van der Waals surface area contributed by atoms with Gasteiger partial charge in [-0.05, 0) is 157 Å². The minimum absolute atomic E-state index is 0. The molecular weight excluding hydrogens is 1600 g/mol. The van der Waals surface area contributed by atoms with Crippen LogP contribution < -0.4 is 29.6 Å². The number of aliphatic hydroxyl groups excluding tert-OH is 2. The number of hydrogen-bond acceptors (Lipinski definition) is 29. The van der Waals surface area contributed by atoms with Crippen molar-refractivity contribution in [1.29, 1.82) is 0 Å². The van der Waals surface area contributed by atoms with E-state index in [1.165, 1.54) is 45.3 Å². The molecule has 6 rings (SSSR count). The Balaban J connectivity index is -0.000000429. The quantitative estimate of drug-likeness (QED) is 0.109. The number of carbonyl (C=O) groups is 15. The van der Waals surface area contributed by atoms with E-state index in [1.807, 2.05) is 0 Å². The number of rotatable bonds is 8. The normalized spacial score (nSPS) is 23.1. The van der Waals surface area contributed by atoms with Crippen LogP contribution in [-0.4, -0.2) is 315 Å². The van der Waals surface area contributed by atoms with E-state index >= 15 is 0 Å². The second-order valence-electron chi connectivity index (χ2n) is 35.8. The molecule has 0 aliphatic carbocycles. The van der Waals surface area contributed by atoms with Crippen LogP contribution in [0.1, 0.15) is 169 Å². The number of methoxy groups -OCH3 is 5. The molecule has 0 bridgehead atoms. The van der Waals surface area contributed by atoms with Crippen molar-refractivity contribution in [2.24, 2.45) is 23.7 Å². The van der Waals surface area contributed by atoms with Gasteiger partial charge in [0.05, 0.1) is 87.0 Å². The molecule has 6 heterocycles. The van der Waals surface area contributed by atoms with Crippen molar-refractivity contribution in [3.63, 3.8) is 0 Å². The number of Topliss-reactive ketones (excluding diaryl/α,β-unsaturated/α-hetero) is 3. The molecule has 12 atom stereocenters. The number of aliphatic hydroxyl groups is 2. The van der Waals surface area contributed by atoms with E-state index in [2.05, 4.69) is 58.2 Å². The number of halogens is 1. The van der Waals surface area contributed by atoms with Gasteiger partial charge in [0.15, 0.2) is 23.4 Å². The number of ether oxygens (including phenoxy) is 11. The molecular formula is C76H133BClN6NaO30Si2+. The average Bonchev–Trinajstić information content (AvgIpc) is 1.65. The molecule has 665 valence electrons. The Morgan fingerprint density at radius 2 is 0.684 bits per heavy atom. The van der Waals surface area contributed by atoms with Gasteiger partial charge in [0.2, 0.25) is 8.32 Å². The Bertz CT molecular complexity index is 3420. The van der Waals surface area contributed by atoms with Crippen molar-refractivity contribution in [2.75, 3.05) is 74.8 Å². The molecule has 41 heteroatoms. The number of likely N-dealkylation sites (tertiary alicyclic amines) is 5. The molecule has 3 N–H and O–H groups in total. The van der Waals surface area contributed by atoms with Crippen LogP contribution in [-0.2, 0) is 99.7 Å². The number of carboxylic acids is 1. The summed E-state index contributed by atoms with van der Waals surface area (Å²) in [6.07, 6.45) is -5.45. The summed E-state index contributed by atoms with van der Waals surface area (Å²) in [5, 5.41) is 28.5. The van der Waals surface area contributed by atoms with Crippen molar-refractivity contribution in [3.05, 3.63) is 11.3 Å². The second kappa shape index (κ2) is 46.5. The van der Waals surface area contributed by atoms with E-state index in [0.29, 0.717) is 11.3 Å². The predicted molar refractivity (Wildman–Crippen MR) is 431 cm³/mol. The van der Waals surface area contributed by atoms with E-state index in [9.17, 15) is 82.1 Å². The van der Waals surface area contributed by atoms with Crippen LogP contribution in [0.5, 0.6) is 0 Å². The summed E-state index contributed by atoms with van der Waals surface area (Å²) < 4.78 is 60.5. The molecule has 0 aromatic rings. The summed E-state index contributed by atoms with van der Waals surface area (Å²) in [5.41, 5.74) is -3.26.